The van der Waals surface area contributed by atoms with Crippen molar-refractivity contribution in [3.8, 4) is 10.6 Å². The van der Waals surface area contributed by atoms with Crippen LogP contribution < -0.4 is 4.90 Å². The van der Waals surface area contributed by atoms with Crippen molar-refractivity contribution >= 4 is 38.6 Å². The second-order valence-corrected chi connectivity index (χ2v) is 8.02. The predicted molar refractivity (Wildman–Crippen MR) is 124 cm³/mol. The Hall–Kier alpha value is -3.43. The number of fused-ring (bicyclic) bond motifs is 1. The highest BCUT2D eigenvalue weighted by atomic mass is 32.1. The van der Waals surface area contributed by atoms with Crippen LogP contribution in [0.2, 0.25) is 0 Å². The van der Waals surface area contributed by atoms with Crippen LogP contribution in [0.5, 0.6) is 0 Å². The van der Waals surface area contributed by atoms with E-state index in [1.54, 1.807) is 11.3 Å². The fourth-order valence-corrected chi connectivity index (χ4v) is 4.62. The lowest BCUT2D eigenvalue weighted by atomic mass is 10.1. The van der Waals surface area contributed by atoms with Gasteiger partial charge in [-0.1, -0.05) is 54.6 Å². The molecule has 3 heteroatoms. The maximum atomic E-state index is 4.89. The summed E-state index contributed by atoms with van der Waals surface area (Å²) < 4.78 is 1.22. The Bertz CT molecular complexity index is 1190. The monoisotopic (exact) mass is 392 g/mol. The second-order valence-electron chi connectivity index (χ2n) is 6.99. The Balaban J connectivity index is 1.67. The highest BCUT2D eigenvalue weighted by molar-refractivity contribution is 7.21. The number of anilines is 3. The molecule has 0 spiro atoms. The van der Waals surface area contributed by atoms with Crippen molar-refractivity contribution in [2.24, 2.45) is 0 Å². The first-order valence-electron chi connectivity index (χ1n) is 9.66. The van der Waals surface area contributed by atoms with Crippen molar-refractivity contribution in [3.63, 3.8) is 0 Å². The number of hydrogen-bond donors (Lipinski definition) is 0. The molecule has 0 saturated heterocycles. The summed E-state index contributed by atoms with van der Waals surface area (Å²) in [6.45, 7) is 2.15. The molecule has 0 saturated carbocycles. The zero-order valence-corrected chi connectivity index (χ0v) is 16.9. The van der Waals surface area contributed by atoms with Gasteiger partial charge in [-0.3, -0.25) is 0 Å². The molecule has 5 aromatic rings. The third kappa shape index (κ3) is 3.41. The average molecular weight is 393 g/mol. The van der Waals surface area contributed by atoms with E-state index in [4.69, 9.17) is 4.98 Å². The van der Waals surface area contributed by atoms with Gasteiger partial charge < -0.3 is 4.90 Å². The van der Waals surface area contributed by atoms with E-state index in [1.165, 1.54) is 15.8 Å². The molecule has 0 aliphatic rings. The van der Waals surface area contributed by atoms with Gasteiger partial charge in [0.1, 0.15) is 5.01 Å². The Morgan fingerprint density at radius 3 is 1.93 bits per heavy atom. The zero-order chi connectivity index (χ0) is 19.6. The molecule has 1 aromatic heterocycles. The standard InChI is InChI=1S/C26H20N2S/c1-19-16-17-22(18-23(19)26-27-24-14-8-9-15-25(24)29-26)28(20-10-4-2-5-11-20)21-12-6-3-7-13-21/h2-18H,1H3. The number of nitrogens with zero attached hydrogens (tertiary/aromatic N) is 2. The Morgan fingerprint density at radius 2 is 1.28 bits per heavy atom. The van der Waals surface area contributed by atoms with E-state index < -0.39 is 0 Å². The van der Waals surface area contributed by atoms with Gasteiger partial charge in [-0.05, 0) is 61.0 Å². The minimum Gasteiger partial charge on any atom is -0.310 e. The molecule has 5 rings (SSSR count). The Morgan fingerprint density at radius 1 is 0.655 bits per heavy atom. The van der Waals surface area contributed by atoms with Gasteiger partial charge in [0.15, 0.2) is 0 Å². The predicted octanol–water partition coefficient (Wildman–Crippen LogP) is 7.74. The van der Waals surface area contributed by atoms with Gasteiger partial charge in [0.05, 0.1) is 10.2 Å². The summed E-state index contributed by atoms with van der Waals surface area (Å²) in [5.74, 6) is 0. The van der Waals surface area contributed by atoms with Crippen molar-refractivity contribution in [2.45, 2.75) is 6.92 Å². The lowest BCUT2D eigenvalue weighted by molar-refractivity contribution is 1.27. The minimum absolute atomic E-state index is 1.06. The molecule has 0 atom stereocenters. The summed E-state index contributed by atoms with van der Waals surface area (Å²) in [4.78, 5) is 7.18. The lowest BCUT2D eigenvalue weighted by Gasteiger charge is -2.26. The lowest BCUT2D eigenvalue weighted by Crippen LogP contribution is -2.09. The molecule has 1 heterocycles. The topological polar surface area (TPSA) is 16.1 Å². The Kier molecular flexibility index (Phi) is 4.59. The van der Waals surface area contributed by atoms with Crippen molar-refractivity contribution in [2.75, 3.05) is 4.90 Å². The molecule has 4 aromatic carbocycles. The molecule has 0 N–H and O–H groups in total. The highest BCUT2D eigenvalue weighted by Crippen LogP contribution is 2.39. The molecule has 0 aliphatic heterocycles. The molecule has 2 nitrogen and oxygen atoms in total. The van der Waals surface area contributed by atoms with Crippen LogP contribution in [0.3, 0.4) is 0 Å². The molecule has 0 bridgehead atoms. The third-order valence-corrected chi connectivity index (χ3v) is 6.10. The zero-order valence-electron chi connectivity index (χ0n) is 16.1. The number of aryl methyl sites for hydroxylation is 1. The van der Waals surface area contributed by atoms with Crippen molar-refractivity contribution in [1.82, 2.24) is 4.98 Å². The van der Waals surface area contributed by atoms with Gasteiger partial charge in [-0.2, -0.15) is 0 Å². The van der Waals surface area contributed by atoms with E-state index in [0.29, 0.717) is 0 Å². The third-order valence-electron chi connectivity index (χ3n) is 5.03. The number of hydrogen-bond acceptors (Lipinski definition) is 3. The van der Waals surface area contributed by atoms with Gasteiger partial charge in [0.25, 0.3) is 0 Å². The molecule has 0 aliphatic carbocycles. The number of rotatable bonds is 4. The van der Waals surface area contributed by atoms with Crippen LogP contribution in [0.15, 0.2) is 103 Å². The molecule has 0 amide bonds. The summed E-state index contributed by atoms with van der Waals surface area (Å²) in [5.41, 5.74) is 6.87. The molecule has 140 valence electrons. The van der Waals surface area contributed by atoms with E-state index >= 15 is 0 Å². The average Bonchev–Trinajstić information content (AvgIpc) is 3.21. The molecular weight excluding hydrogens is 372 g/mol. The first kappa shape index (κ1) is 17.7. The summed E-state index contributed by atoms with van der Waals surface area (Å²) in [6, 6.07) is 35.9. The number of aromatic nitrogens is 1. The van der Waals surface area contributed by atoms with E-state index in [-0.39, 0.29) is 0 Å². The molecule has 0 radical (unpaired) electrons. The van der Waals surface area contributed by atoms with Gasteiger partial charge >= 0.3 is 0 Å². The van der Waals surface area contributed by atoms with Crippen LogP contribution in [0.25, 0.3) is 20.8 Å². The second kappa shape index (κ2) is 7.53. The van der Waals surface area contributed by atoms with Crippen LogP contribution in [0.1, 0.15) is 5.56 Å². The smallest absolute Gasteiger partial charge is 0.124 e. The van der Waals surface area contributed by atoms with Crippen LogP contribution >= 0.6 is 11.3 Å². The Labute approximate surface area is 174 Å². The molecule has 0 fully saturated rings. The first-order valence-corrected chi connectivity index (χ1v) is 10.5. The highest BCUT2D eigenvalue weighted by Gasteiger charge is 2.15. The van der Waals surface area contributed by atoms with E-state index in [1.807, 2.05) is 18.2 Å². The SMILES string of the molecule is Cc1ccc(N(c2ccccc2)c2ccccc2)cc1-c1nc2ccccc2s1. The largest absolute Gasteiger partial charge is 0.310 e. The van der Waals surface area contributed by atoms with Crippen molar-refractivity contribution < 1.29 is 0 Å². The molecule has 29 heavy (non-hydrogen) atoms. The maximum Gasteiger partial charge on any atom is 0.124 e. The van der Waals surface area contributed by atoms with Crippen molar-refractivity contribution in [3.05, 3.63) is 109 Å². The number of thiazole rings is 1. The summed E-state index contributed by atoms with van der Waals surface area (Å²) in [5, 5.41) is 1.06. The number of para-hydroxylation sites is 3. The first-order chi connectivity index (χ1) is 14.3. The maximum absolute atomic E-state index is 4.89. The summed E-state index contributed by atoms with van der Waals surface area (Å²) in [6.07, 6.45) is 0. The minimum atomic E-state index is 1.06. The van der Waals surface area contributed by atoms with E-state index in [9.17, 15) is 0 Å². The fourth-order valence-electron chi connectivity index (χ4n) is 3.57. The van der Waals surface area contributed by atoms with Gasteiger partial charge in [-0.15, -0.1) is 11.3 Å². The van der Waals surface area contributed by atoms with E-state index in [2.05, 4.69) is 96.8 Å². The van der Waals surface area contributed by atoms with Crippen LogP contribution in [-0.4, -0.2) is 4.98 Å². The molecule has 0 unspecified atom stereocenters. The summed E-state index contributed by atoms with van der Waals surface area (Å²) in [7, 11) is 0. The van der Waals surface area contributed by atoms with Gasteiger partial charge in [-0.25, -0.2) is 4.98 Å². The quantitative estimate of drug-likeness (QED) is 0.311. The van der Waals surface area contributed by atoms with Gasteiger partial charge in [0.2, 0.25) is 0 Å². The van der Waals surface area contributed by atoms with E-state index in [0.717, 1.165) is 27.6 Å². The van der Waals surface area contributed by atoms with Crippen LogP contribution in [-0.2, 0) is 0 Å². The summed E-state index contributed by atoms with van der Waals surface area (Å²) >= 11 is 1.75. The fraction of sp³-hybridized carbons (Fsp3) is 0.0385. The molecular formula is C26H20N2S. The normalized spacial score (nSPS) is 10.9. The van der Waals surface area contributed by atoms with Crippen LogP contribution in [0.4, 0.5) is 17.1 Å². The number of benzene rings is 4. The van der Waals surface area contributed by atoms with Gasteiger partial charge in [0, 0.05) is 22.6 Å². The van der Waals surface area contributed by atoms with Crippen LogP contribution in [0, 0.1) is 6.92 Å². The van der Waals surface area contributed by atoms with Crippen molar-refractivity contribution in [1.29, 1.82) is 0 Å².